The standard InChI is InChI=1S/C28H41N5O10/c1-15(2)13-21(28(42)43)33-27(41)20(10-12-23(36)37)32-26(40)19(9-11-22(34)35)31-24(38)16(3)30-25(39)18(29)14-17-7-5-4-6-8-17/h4-8,15-16,18-21H,9-14,29H2,1-3H3,(H,30,39)(H,31,38)(H,32,40)(H,33,41)(H,34,35)(H,36,37)(H,42,43)/t16-,18-,19-,20-,21-/m0/s1. The highest BCUT2D eigenvalue weighted by molar-refractivity contribution is 5.95. The monoisotopic (exact) mass is 607 g/mol. The minimum atomic E-state index is -1.50. The number of benzene rings is 1. The van der Waals surface area contributed by atoms with Crippen molar-refractivity contribution in [1.29, 1.82) is 0 Å². The number of carboxylic acids is 3. The fourth-order valence-electron chi connectivity index (χ4n) is 3.95. The summed E-state index contributed by atoms with van der Waals surface area (Å²) < 4.78 is 0. The largest absolute Gasteiger partial charge is 0.481 e. The van der Waals surface area contributed by atoms with E-state index < -0.39 is 97.4 Å². The summed E-state index contributed by atoms with van der Waals surface area (Å²) in [7, 11) is 0. The molecule has 0 unspecified atom stereocenters. The molecule has 238 valence electrons. The minimum absolute atomic E-state index is 0.0661. The van der Waals surface area contributed by atoms with Crippen molar-refractivity contribution in [2.24, 2.45) is 11.7 Å². The van der Waals surface area contributed by atoms with Crippen LogP contribution in [0.4, 0.5) is 0 Å². The summed E-state index contributed by atoms with van der Waals surface area (Å²) in [6.07, 6.45) is -1.66. The number of nitrogens with two attached hydrogens (primary N) is 1. The van der Waals surface area contributed by atoms with Gasteiger partial charge in [0.15, 0.2) is 0 Å². The molecule has 0 heterocycles. The van der Waals surface area contributed by atoms with Crippen molar-refractivity contribution >= 4 is 41.5 Å². The second-order valence-corrected chi connectivity index (χ2v) is 10.5. The Morgan fingerprint density at radius 1 is 0.674 bits per heavy atom. The number of hydrogen-bond donors (Lipinski definition) is 8. The molecular weight excluding hydrogens is 566 g/mol. The average molecular weight is 608 g/mol. The van der Waals surface area contributed by atoms with Crippen LogP contribution in [0, 0.1) is 5.92 Å². The molecule has 0 bridgehead atoms. The van der Waals surface area contributed by atoms with Crippen LogP contribution in [0.1, 0.15) is 58.4 Å². The second kappa shape index (κ2) is 18.1. The number of rotatable bonds is 19. The maximum absolute atomic E-state index is 13.1. The van der Waals surface area contributed by atoms with Crippen molar-refractivity contribution in [1.82, 2.24) is 21.3 Å². The van der Waals surface area contributed by atoms with E-state index in [0.717, 1.165) is 5.56 Å². The molecule has 9 N–H and O–H groups in total. The zero-order chi connectivity index (χ0) is 32.7. The number of hydrogen-bond acceptors (Lipinski definition) is 8. The molecule has 0 aliphatic carbocycles. The van der Waals surface area contributed by atoms with Crippen molar-refractivity contribution in [3.8, 4) is 0 Å². The van der Waals surface area contributed by atoms with Crippen LogP contribution in [0.25, 0.3) is 0 Å². The van der Waals surface area contributed by atoms with Gasteiger partial charge in [0.1, 0.15) is 24.2 Å². The van der Waals surface area contributed by atoms with Crippen LogP contribution >= 0.6 is 0 Å². The lowest BCUT2D eigenvalue weighted by molar-refractivity contribution is -0.143. The van der Waals surface area contributed by atoms with Gasteiger partial charge in [0.05, 0.1) is 6.04 Å². The van der Waals surface area contributed by atoms with Crippen LogP contribution in [-0.2, 0) is 40.0 Å². The normalized spacial score (nSPS) is 14.3. The van der Waals surface area contributed by atoms with E-state index in [1.54, 1.807) is 44.2 Å². The molecule has 0 spiro atoms. The van der Waals surface area contributed by atoms with Crippen LogP contribution in [0.15, 0.2) is 30.3 Å². The molecule has 15 nitrogen and oxygen atoms in total. The van der Waals surface area contributed by atoms with E-state index in [1.165, 1.54) is 6.92 Å². The van der Waals surface area contributed by atoms with E-state index in [0.29, 0.717) is 0 Å². The molecule has 1 aromatic rings. The molecule has 0 aliphatic rings. The van der Waals surface area contributed by atoms with Crippen LogP contribution in [-0.4, -0.2) is 87.1 Å². The lowest BCUT2D eigenvalue weighted by atomic mass is 10.0. The van der Waals surface area contributed by atoms with Crippen LogP contribution in [0.5, 0.6) is 0 Å². The summed E-state index contributed by atoms with van der Waals surface area (Å²) in [5, 5.41) is 37.0. The third-order valence-electron chi connectivity index (χ3n) is 6.27. The predicted molar refractivity (Wildman–Crippen MR) is 152 cm³/mol. The second-order valence-electron chi connectivity index (χ2n) is 10.5. The van der Waals surface area contributed by atoms with E-state index in [2.05, 4.69) is 21.3 Å². The zero-order valence-electron chi connectivity index (χ0n) is 24.4. The Kier molecular flexibility index (Phi) is 15.4. The van der Waals surface area contributed by atoms with Gasteiger partial charge in [-0.1, -0.05) is 44.2 Å². The Bertz CT molecular complexity index is 1140. The molecule has 1 aromatic carbocycles. The van der Waals surface area contributed by atoms with E-state index in [9.17, 15) is 38.7 Å². The maximum atomic E-state index is 13.1. The van der Waals surface area contributed by atoms with E-state index in [4.69, 9.17) is 15.9 Å². The number of nitrogens with one attached hydrogen (secondary N) is 4. The molecule has 43 heavy (non-hydrogen) atoms. The van der Waals surface area contributed by atoms with Gasteiger partial charge >= 0.3 is 17.9 Å². The number of amides is 4. The van der Waals surface area contributed by atoms with Gasteiger partial charge in [-0.05, 0) is 44.1 Å². The lowest BCUT2D eigenvalue weighted by Gasteiger charge is -2.25. The zero-order valence-corrected chi connectivity index (χ0v) is 24.4. The van der Waals surface area contributed by atoms with Crippen LogP contribution in [0.2, 0.25) is 0 Å². The summed E-state index contributed by atoms with van der Waals surface area (Å²) in [5.74, 6) is -7.45. The SMILES string of the molecule is CC(C)C[C@H](NC(=O)[C@H](CCC(=O)O)NC(=O)[C@H](CCC(=O)O)NC(=O)[C@H](C)NC(=O)[C@@H](N)Cc1ccccc1)C(=O)O. The minimum Gasteiger partial charge on any atom is -0.481 e. The Morgan fingerprint density at radius 3 is 1.58 bits per heavy atom. The van der Waals surface area contributed by atoms with Crippen LogP contribution in [0.3, 0.4) is 0 Å². The molecule has 0 aliphatic heterocycles. The maximum Gasteiger partial charge on any atom is 0.326 e. The molecule has 0 aromatic heterocycles. The van der Waals surface area contributed by atoms with E-state index in [-0.39, 0.29) is 18.8 Å². The van der Waals surface area contributed by atoms with Gasteiger partial charge in [0.25, 0.3) is 0 Å². The van der Waals surface area contributed by atoms with Crippen molar-refractivity contribution in [2.45, 2.75) is 89.5 Å². The summed E-state index contributed by atoms with van der Waals surface area (Å²) >= 11 is 0. The Morgan fingerprint density at radius 2 is 1.14 bits per heavy atom. The van der Waals surface area contributed by atoms with E-state index in [1.807, 2.05) is 0 Å². The first-order chi connectivity index (χ1) is 20.1. The fourth-order valence-corrected chi connectivity index (χ4v) is 3.95. The molecule has 0 radical (unpaired) electrons. The number of carboxylic acid groups (broad SMARTS) is 3. The van der Waals surface area contributed by atoms with Crippen molar-refractivity contribution in [2.75, 3.05) is 0 Å². The predicted octanol–water partition coefficient (Wildman–Crippen LogP) is -0.624. The van der Waals surface area contributed by atoms with E-state index >= 15 is 0 Å². The van der Waals surface area contributed by atoms with Gasteiger partial charge in [0.2, 0.25) is 23.6 Å². The molecular formula is C28H41N5O10. The summed E-state index contributed by atoms with van der Waals surface area (Å²) in [4.78, 5) is 85.4. The molecule has 0 saturated heterocycles. The van der Waals surface area contributed by atoms with Gasteiger partial charge in [0, 0.05) is 12.8 Å². The highest BCUT2D eigenvalue weighted by Crippen LogP contribution is 2.08. The van der Waals surface area contributed by atoms with Gasteiger partial charge < -0.3 is 42.3 Å². The molecule has 15 heteroatoms. The van der Waals surface area contributed by atoms with Gasteiger partial charge in [-0.25, -0.2) is 4.79 Å². The lowest BCUT2D eigenvalue weighted by Crippen LogP contribution is -2.58. The fraction of sp³-hybridized carbons (Fsp3) is 0.536. The number of aliphatic carboxylic acids is 3. The average Bonchev–Trinajstić information content (AvgIpc) is 2.92. The van der Waals surface area contributed by atoms with Gasteiger partial charge in [-0.15, -0.1) is 0 Å². The van der Waals surface area contributed by atoms with Crippen molar-refractivity contribution in [3.05, 3.63) is 35.9 Å². The van der Waals surface area contributed by atoms with Gasteiger partial charge in [-0.3, -0.25) is 28.8 Å². The molecule has 5 atom stereocenters. The third-order valence-corrected chi connectivity index (χ3v) is 6.27. The molecule has 4 amide bonds. The quantitative estimate of drug-likeness (QED) is 0.0983. The van der Waals surface area contributed by atoms with Crippen LogP contribution < -0.4 is 27.0 Å². The highest BCUT2D eigenvalue weighted by Gasteiger charge is 2.31. The Labute approximate surface area is 249 Å². The van der Waals surface area contributed by atoms with Gasteiger partial charge in [-0.2, -0.15) is 0 Å². The molecule has 0 fully saturated rings. The highest BCUT2D eigenvalue weighted by atomic mass is 16.4. The number of carbonyl (C=O) groups is 7. The topological polar surface area (TPSA) is 254 Å². The Balaban J connectivity index is 3.00. The molecule has 0 saturated carbocycles. The first-order valence-corrected chi connectivity index (χ1v) is 13.8. The first kappa shape index (κ1) is 36.5. The smallest absolute Gasteiger partial charge is 0.326 e. The summed E-state index contributed by atoms with van der Waals surface area (Å²) in [5.41, 5.74) is 6.75. The third kappa shape index (κ3) is 14.3. The summed E-state index contributed by atoms with van der Waals surface area (Å²) in [6, 6.07) is 2.46. The first-order valence-electron chi connectivity index (χ1n) is 13.8. The summed E-state index contributed by atoms with van der Waals surface area (Å²) in [6.45, 7) is 4.81. The van der Waals surface area contributed by atoms with Crippen molar-refractivity contribution < 1.29 is 48.9 Å². The van der Waals surface area contributed by atoms with Crippen molar-refractivity contribution in [3.63, 3.8) is 0 Å². The number of carbonyl (C=O) groups excluding carboxylic acids is 4. The Hall–Kier alpha value is -4.53. The molecule has 1 rings (SSSR count).